The fourth-order valence-corrected chi connectivity index (χ4v) is 0.977. The van der Waals surface area contributed by atoms with Gasteiger partial charge in [0.15, 0.2) is 0 Å². The summed E-state index contributed by atoms with van der Waals surface area (Å²) in [6.07, 6.45) is 1.97. The Labute approximate surface area is 71.4 Å². The number of hydrogen-bond donors (Lipinski definition) is 2. The number of aromatic amines is 1. The van der Waals surface area contributed by atoms with E-state index in [2.05, 4.69) is 15.3 Å². The van der Waals surface area contributed by atoms with Gasteiger partial charge in [0.2, 0.25) is 5.91 Å². The number of imidazole rings is 1. The fraction of sp³-hybridized carbons (Fsp3) is 0.500. The van der Waals surface area contributed by atoms with Crippen molar-refractivity contribution in [3.8, 4) is 0 Å². The van der Waals surface area contributed by atoms with Crippen LogP contribution in [0.4, 0.5) is 0 Å². The number of aryl methyl sites for hydroxylation is 1. The molecule has 4 nitrogen and oxygen atoms in total. The number of aromatic nitrogens is 2. The molecule has 0 bridgehead atoms. The van der Waals surface area contributed by atoms with E-state index in [9.17, 15) is 4.79 Å². The molecule has 2 N–H and O–H groups in total. The lowest BCUT2D eigenvalue weighted by Crippen LogP contribution is -2.24. The molecular formula is C8H13N3O. The summed E-state index contributed by atoms with van der Waals surface area (Å²) in [5.74, 6) is 0.0210. The predicted molar refractivity (Wildman–Crippen MR) is 45.7 cm³/mol. The molecule has 12 heavy (non-hydrogen) atoms. The number of likely N-dealkylation sites (N-methyl/N-ethyl adjacent to an activating group) is 1. The molecule has 1 aromatic rings. The van der Waals surface area contributed by atoms with Gasteiger partial charge in [-0.1, -0.05) is 0 Å². The van der Waals surface area contributed by atoms with Gasteiger partial charge < -0.3 is 10.3 Å². The Bertz CT molecular complexity index is 267. The second kappa shape index (κ2) is 3.90. The van der Waals surface area contributed by atoms with Crippen molar-refractivity contribution in [2.45, 2.75) is 20.3 Å². The molecule has 0 radical (unpaired) electrons. The summed E-state index contributed by atoms with van der Waals surface area (Å²) in [5, 5.41) is 2.72. The molecule has 1 heterocycles. The average molecular weight is 167 g/mol. The van der Waals surface area contributed by atoms with Gasteiger partial charge in [-0.15, -0.1) is 0 Å². The summed E-state index contributed by atoms with van der Waals surface area (Å²) in [4.78, 5) is 18.0. The summed E-state index contributed by atoms with van der Waals surface area (Å²) in [5.41, 5.74) is 1.78. The van der Waals surface area contributed by atoms with Crippen molar-refractivity contribution < 1.29 is 4.79 Å². The van der Waals surface area contributed by atoms with Gasteiger partial charge in [-0.2, -0.15) is 0 Å². The highest BCUT2D eigenvalue weighted by Crippen LogP contribution is 2.00. The van der Waals surface area contributed by atoms with Gasteiger partial charge in [-0.3, -0.25) is 4.79 Å². The maximum Gasteiger partial charge on any atom is 0.226 e. The summed E-state index contributed by atoms with van der Waals surface area (Å²) in [7, 11) is 0. The van der Waals surface area contributed by atoms with Crippen molar-refractivity contribution in [1.82, 2.24) is 15.3 Å². The molecule has 4 heteroatoms. The van der Waals surface area contributed by atoms with Crippen LogP contribution in [0.3, 0.4) is 0 Å². The highest BCUT2D eigenvalue weighted by Gasteiger charge is 2.05. The predicted octanol–water partition coefficient (Wildman–Crippen LogP) is 0.397. The summed E-state index contributed by atoms with van der Waals surface area (Å²) >= 11 is 0. The zero-order valence-corrected chi connectivity index (χ0v) is 7.35. The first kappa shape index (κ1) is 8.77. The standard InChI is InChI=1S/C8H13N3O/c1-3-9-8(12)4-7-6(2)10-5-11-7/h5H,3-4H2,1-2H3,(H,9,12)(H,10,11). The topological polar surface area (TPSA) is 57.8 Å². The van der Waals surface area contributed by atoms with Gasteiger partial charge in [0.25, 0.3) is 0 Å². The van der Waals surface area contributed by atoms with E-state index in [0.29, 0.717) is 13.0 Å². The van der Waals surface area contributed by atoms with Gasteiger partial charge in [0.05, 0.1) is 18.4 Å². The lowest BCUT2D eigenvalue weighted by atomic mass is 10.2. The van der Waals surface area contributed by atoms with Crippen molar-refractivity contribution in [3.05, 3.63) is 17.7 Å². The quantitative estimate of drug-likeness (QED) is 0.684. The van der Waals surface area contributed by atoms with Gasteiger partial charge >= 0.3 is 0 Å². The van der Waals surface area contributed by atoms with Crippen molar-refractivity contribution in [2.24, 2.45) is 0 Å². The number of amides is 1. The van der Waals surface area contributed by atoms with E-state index in [0.717, 1.165) is 11.4 Å². The van der Waals surface area contributed by atoms with E-state index in [-0.39, 0.29) is 5.91 Å². The molecule has 0 atom stereocenters. The molecule has 0 aliphatic carbocycles. The minimum Gasteiger partial charge on any atom is -0.356 e. The molecule has 0 aliphatic rings. The number of nitrogens with zero attached hydrogens (tertiary/aromatic N) is 1. The molecule has 0 unspecified atom stereocenters. The SMILES string of the molecule is CCNC(=O)Cc1nc[nH]c1C. The third-order valence-corrected chi connectivity index (χ3v) is 1.64. The highest BCUT2D eigenvalue weighted by atomic mass is 16.1. The monoisotopic (exact) mass is 167 g/mol. The van der Waals surface area contributed by atoms with Crippen LogP contribution in [-0.4, -0.2) is 22.4 Å². The normalized spacial score (nSPS) is 9.83. The molecule has 0 spiro atoms. The first-order valence-electron chi connectivity index (χ1n) is 3.99. The molecule has 1 aromatic heterocycles. The molecule has 0 saturated carbocycles. The Kier molecular flexibility index (Phi) is 2.85. The zero-order valence-electron chi connectivity index (χ0n) is 7.35. The molecule has 0 saturated heterocycles. The second-order valence-corrected chi connectivity index (χ2v) is 2.60. The number of hydrogen-bond acceptors (Lipinski definition) is 2. The molecule has 0 aromatic carbocycles. The van der Waals surface area contributed by atoms with Gasteiger partial charge in [-0.05, 0) is 13.8 Å². The van der Waals surface area contributed by atoms with E-state index in [1.807, 2.05) is 13.8 Å². The first-order valence-corrected chi connectivity index (χ1v) is 3.99. The van der Waals surface area contributed by atoms with Crippen LogP contribution in [0.25, 0.3) is 0 Å². The van der Waals surface area contributed by atoms with E-state index < -0.39 is 0 Å². The minimum atomic E-state index is 0.0210. The van der Waals surface area contributed by atoms with Crippen LogP contribution in [0.15, 0.2) is 6.33 Å². The Morgan fingerprint density at radius 3 is 3.00 bits per heavy atom. The third-order valence-electron chi connectivity index (χ3n) is 1.64. The lowest BCUT2D eigenvalue weighted by Gasteiger charge is -1.99. The lowest BCUT2D eigenvalue weighted by molar-refractivity contribution is -0.120. The Balaban J connectivity index is 2.52. The van der Waals surface area contributed by atoms with Crippen LogP contribution < -0.4 is 5.32 Å². The maximum absolute atomic E-state index is 11.1. The largest absolute Gasteiger partial charge is 0.356 e. The van der Waals surface area contributed by atoms with E-state index in [1.165, 1.54) is 0 Å². The first-order chi connectivity index (χ1) is 5.74. The number of rotatable bonds is 3. The number of carbonyl (C=O) groups excluding carboxylic acids is 1. The summed E-state index contributed by atoms with van der Waals surface area (Å²) in [6.45, 7) is 4.47. The average Bonchev–Trinajstić information content (AvgIpc) is 2.37. The van der Waals surface area contributed by atoms with Crippen LogP contribution in [0.2, 0.25) is 0 Å². The van der Waals surface area contributed by atoms with Crippen LogP contribution in [0.1, 0.15) is 18.3 Å². The second-order valence-electron chi connectivity index (χ2n) is 2.60. The third kappa shape index (κ3) is 2.08. The van der Waals surface area contributed by atoms with E-state index in [4.69, 9.17) is 0 Å². The summed E-state index contributed by atoms with van der Waals surface area (Å²) in [6, 6.07) is 0. The fourth-order valence-electron chi connectivity index (χ4n) is 0.977. The molecular weight excluding hydrogens is 154 g/mol. The van der Waals surface area contributed by atoms with Crippen LogP contribution in [0, 0.1) is 6.92 Å². The highest BCUT2D eigenvalue weighted by molar-refractivity contribution is 5.78. The molecule has 66 valence electrons. The van der Waals surface area contributed by atoms with Crippen LogP contribution >= 0.6 is 0 Å². The summed E-state index contributed by atoms with van der Waals surface area (Å²) < 4.78 is 0. The van der Waals surface area contributed by atoms with Crippen LogP contribution in [0.5, 0.6) is 0 Å². The minimum absolute atomic E-state index is 0.0210. The van der Waals surface area contributed by atoms with Crippen LogP contribution in [-0.2, 0) is 11.2 Å². The van der Waals surface area contributed by atoms with Crippen molar-refractivity contribution in [3.63, 3.8) is 0 Å². The Morgan fingerprint density at radius 1 is 1.75 bits per heavy atom. The molecule has 1 amide bonds. The van der Waals surface area contributed by atoms with Crippen molar-refractivity contribution in [2.75, 3.05) is 6.54 Å². The van der Waals surface area contributed by atoms with E-state index >= 15 is 0 Å². The van der Waals surface area contributed by atoms with Gasteiger partial charge in [0, 0.05) is 12.2 Å². The van der Waals surface area contributed by atoms with E-state index in [1.54, 1.807) is 6.33 Å². The van der Waals surface area contributed by atoms with Crippen molar-refractivity contribution in [1.29, 1.82) is 0 Å². The van der Waals surface area contributed by atoms with Gasteiger partial charge in [0.1, 0.15) is 0 Å². The smallest absolute Gasteiger partial charge is 0.226 e. The van der Waals surface area contributed by atoms with Gasteiger partial charge in [-0.25, -0.2) is 4.98 Å². The number of carbonyl (C=O) groups is 1. The Morgan fingerprint density at radius 2 is 2.50 bits per heavy atom. The molecule has 1 rings (SSSR count). The number of H-pyrrole nitrogens is 1. The maximum atomic E-state index is 11.1. The molecule has 0 aliphatic heterocycles. The zero-order chi connectivity index (χ0) is 8.97. The number of nitrogens with one attached hydrogen (secondary N) is 2. The molecule has 0 fully saturated rings. The Hall–Kier alpha value is -1.32. The van der Waals surface area contributed by atoms with Crippen molar-refractivity contribution >= 4 is 5.91 Å².